The molecule has 1 aromatic carbocycles. The van der Waals surface area contributed by atoms with Gasteiger partial charge in [-0.05, 0) is 64.8 Å². The van der Waals surface area contributed by atoms with Gasteiger partial charge in [-0.3, -0.25) is 9.48 Å². The monoisotopic (exact) mass is 379 g/mol. The highest BCUT2D eigenvalue weighted by atomic mass is 16.5. The Morgan fingerprint density at radius 3 is 2.68 bits per heavy atom. The van der Waals surface area contributed by atoms with Gasteiger partial charge in [0, 0.05) is 47.1 Å². The molecule has 1 fully saturated rings. The number of nitrogens with one attached hydrogen (secondary N) is 1. The third-order valence-electron chi connectivity index (χ3n) is 5.70. The summed E-state index contributed by atoms with van der Waals surface area (Å²) < 4.78 is 8.40. The summed E-state index contributed by atoms with van der Waals surface area (Å²) in [6, 6.07) is 6.38. The highest BCUT2D eigenvalue weighted by molar-refractivity contribution is 5.91. The van der Waals surface area contributed by atoms with E-state index in [9.17, 15) is 4.79 Å². The normalized spacial score (nSPS) is 18.8. The molecule has 0 saturated heterocycles. The minimum atomic E-state index is -0.0613. The van der Waals surface area contributed by atoms with Crippen molar-refractivity contribution in [3.05, 3.63) is 36.3 Å². The Hall–Kier alpha value is -2.56. The van der Waals surface area contributed by atoms with Gasteiger partial charge in [0.15, 0.2) is 0 Å². The number of fused-ring (bicyclic) bond motifs is 1. The van der Waals surface area contributed by atoms with Crippen molar-refractivity contribution in [1.82, 2.24) is 14.8 Å². The topological polar surface area (TPSA) is 59.9 Å². The number of benzene rings is 1. The van der Waals surface area contributed by atoms with Crippen LogP contribution < -0.4 is 4.74 Å². The van der Waals surface area contributed by atoms with Gasteiger partial charge in [0.1, 0.15) is 11.5 Å². The summed E-state index contributed by atoms with van der Waals surface area (Å²) in [5.74, 6) is 1.52. The van der Waals surface area contributed by atoms with Crippen LogP contribution in [0.25, 0.3) is 22.0 Å². The van der Waals surface area contributed by atoms with Crippen LogP contribution >= 0.6 is 0 Å². The second-order valence-electron chi connectivity index (χ2n) is 9.10. The molecule has 5 heteroatoms. The molecule has 0 radical (unpaired) electrons. The number of hydrogen-bond donors (Lipinski definition) is 1. The van der Waals surface area contributed by atoms with Crippen molar-refractivity contribution in [1.29, 1.82) is 0 Å². The molecule has 1 N–H and O–H groups in total. The van der Waals surface area contributed by atoms with Crippen molar-refractivity contribution >= 4 is 16.7 Å². The first-order valence-electron chi connectivity index (χ1n) is 10.1. The van der Waals surface area contributed by atoms with Gasteiger partial charge in [0.2, 0.25) is 0 Å². The van der Waals surface area contributed by atoms with Crippen LogP contribution in [-0.2, 0) is 10.3 Å². The van der Waals surface area contributed by atoms with Gasteiger partial charge in [0.05, 0.1) is 17.8 Å². The van der Waals surface area contributed by atoms with E-state index >= 15 is 0 Å². The van der Waals surface area contributed by atoms with E-state index in [1.54, 1.807) is 0 Å². The molecule has 2 aromatic heterocycles. The predicted molar refractivity (Wildman–Crippen MR) is 112 cm³/mol. The Kier molecular flexibility index (Phi) is 4.56. The van der Waals surface area contributed by atoms with E-state index in [-0.39, 0.29) is 11.6 Å². The van der Waals surface area contributed by atoms with E-state index < -0.39 is 0 Å². The largest absolute Gasteiger partial charge is 0.490 e. The van der Waals surface area contributed by atoms with Crippen LogP contribution in [0.3, 0.4) is 0 Å². The summed E-state index contributed by atoms with van der Waals surface area (Å²) >= 11 is 0. The fourth-order valence-corrected chi connectivity index (χ4v) is 3.99. The summed E-state index contributed by atoms with van der Waals surface area (Å²) in [5, 5.41) is 5.62. The molecular weight excluding hydrogens is 350 g/mol. The quantitative estimate of drug-likeness (QED) is 0.675. The van der Waals surface area contributed by atoms with E-state index in [2.05, 4.69) is 69.1 Å². The zero-order valence-electron chi connectivity index (χ0n) is 17.4. The average molecular weight is 380 g/mol. The lowest BCUT2D eigenvalue weighted by Gasteiger charge is -2.21. The Bertz CT molecular complexity index is 1020. The fourth-order valence-electron chi connectivity index (χ4n) is 3.99. The highest BCUT2D eigenvalue weighted by Crippen LogP contribution is 2.36. The summed E-state index contributed by atoms with van der Waals surface area (Å²) in [6.45, 7) is 10.6. The number of ketones is 1. The predicted octanol–water partition coefficient (Wildman–Crippen LogP) is 5.23. The number of Topliss-reactive ketones (excluding diaryl/α,β-unsaturated/α-hetero) is 1. The van der Waals surface area contributed by atoms with Crippen LogP contribution in [0.1, 0.15) is 52.7 Å². The van der Waals surface area contributed by atoms with E-state index in [0.29, 0.717) is 24.5 Å². The van der Waals surface area contributed by atoms with Crippen molar-refractivity contribution in [2.75, 3.05) is 0 Å². The van der Waals surface area contributed by atoms with Gasteiger partial charge >= 0.3 is 0 Å². The maximum absolute atomic E-state index is 11.7. The number of ether oxygens (including phenoxy) is 1. The molecule has 1 aliphatic rings. The Morgan fingerprint density at radius 1 is 1.25 bits per heavy atom. The Labute approximate surface area is 166 Å². The van der Waals surface area contributed by atoms with Crippen LogP contribution in [0.4, 0.5) is 0 Å². The smallest absolute Gasteiger partial charge is 0.133 e. The number of carbonyl (C=O) groups excluding carboxylic acids is 1. The molecule has 3 aromatic rings. The van der Waals surface area contributed by atoms with Gasteiger partial charge in [-0.1, -0.05) is 0 Å². The van der Waals surface area contributed by atoms with Crippen molar-refractivity contribution in [2.24, 2.45) is 5.92 Å². The summed E-state index contributed by atoms with van der Waals surface area (Å²) in [6.07, 6.45) is 6.24. The highest BCUT2D eigenvalue weighted by Gasteiger charge is 2.28. The van der Waals surface area contributed by atoms with Gasteiger partial charge in [-0.2, -0.15) is 5.10 Å². The minimum Gasteiger partial charge on any atom is -0.490 e. The molecule has 0 unspecified atom stereocenters. The summed E-state index contributed by atoms with van der Waals surface area (Å²) in [5.41, 5.74) is 4.25. The third kappa shape index (κ3) is 3.58. The number of H-pyrrole nitrogens is 1. The lowest BCUT2D eigenvalue weighted by atomic mass is 10.0. The van der Waals surface area contributed by atoms with Gasteiger partial charge in [0.25, 0.3) is 0 Å². The van der Waals surface area contributed by atoms with Crippen molar-refractivity contribution < 1.29 is 9.53 Å². The molecule has 2 heterocycles. The third-order valence-corrected chi connectivity index (χ3v) is 5.70. The first-order chi connectivity index (χ1) is 13.2. The lowest BCUT2D eigenvalue weighted by molar-refractivity contribution is -0.117. The second-order valence-corrected chi connectivity index (χ2v) is 9.10. The second kappa shape index (κ2) is 6.80. The zero-order valence-corrected chi connectivity index (χ0v) is 17.4. The number of rotatable bonds is 4. The molecule has 0 bridgehead atoms. The van der Waals surface area contributed by atoms with Crippen LogP contribution in [0.15, 0.2) is 30.6 Å². The molecule has 1 aliphatic carbocycles. The van der Waals surface area contributed by atoms with E-state index in [4.69, 9.17) is 4.74 Å². The summed E-state index contributed by atoms with van der Waals surface area (Å²) in [4.78, 5) is 15.1. The van der Waals surface area contributed by atoms with E-state index in [1.807, 2.05) is 10.9 Å². The number of carbonyl (C=O) groups is 1. The maximum atomic E-state index is 11.7. The maximum Gasteiger partial charge on any atom is 0.133 e. The van der Waals surface area contributed by atoms with Crippen molar-refractivity contribution in [3.8, 4) is 16.9 Å². The number of aromatic amines is 1. The molecule has 4 rings (SSSR count). The standard InChI is InChI=1S/C23H29N3O2/c1-14-8-20-21(25-14)10-17(18-12-24-26(13-18)23(3,4)5)11-22(20)28-15(2)16-6-7-19(27)9-16/h8,10-13,15-16,25H,6-7,9H2,1-5H3/t15-,16+/m1/s1. The number of hydrogen-bond acceptors (Lipinski definition) is 3. The molecule has 148 valence electrons. The van der Waals surface area contributed by atoms with Gasteiger partial charge < -0.3 is 9.72 Å². The molecule has 5 nitrogen and oxygen atoms in total. The Morgan fingerprint density at radius 2 is 2.04 bits per heavy atom. The molecule has 0 amide bonds. The minimum absolute atomic E-state index is 0.0115. The Balaban J connectivity index is 1.71. The summed E-state index contributed by atoms with van der Waals surface area (Å²) in [7, 11) is 0. The van der Waals surface area contributed by atoms with E-state index in [1.165, 1.54) is 0 Å². The molecular formula is C23H29N3O2. The fraction of sp³-hybridized carbons (Fsp3) is 0.478. The van der Waals surface area contributed by atoms with Crippen LogP contribution in [-0.4, -0.2) is 26.7 Å². The van der Waals surface area contributed by atoms with Gasteiger partial charge in [-0.25, -0.2) is 0 Å². The molecule has 0 spiro atoms. The number of aryl methyl sites for hydroxylation is 1. The molecule has 28 heavy (non-hydrogen) atoms. The number of aromatic nitrogens is 3. The first-order valence-corrected chi connectivity index (χ1v) is 10.1. The van der Waals surface area contributed by atoms with Crippen LogP contribution in [0.2, 0.25) is 0 Å². The van der Waals surface area contributed by atoms with Crippen molar-refractivity contribution in [3.63, 3.8) is 0 Å². The lowest BCUT2D eigenvalue weighted by Crippen LogP contribution is -2.22. The zero-order chi connectivity index (χ0) is 20.1. The van der Waals surface area contributed by atoms with E-state index in [0.717, 1.165) is 39.9 Å². The van der Waals surface area contributed by atoms with Crippen molar-refractivity contribution in [2.45, 2.75) is 65.5 Å². The number of nitrogens with zero attached hydrogens (tertiary/aromatic N) is 2. The molecule has 1 saturated carbocycles. The average Bonchev–Trinajstić information content (AvgIpc) is 3.32. The van der Waals surface area contributed by atoms with Crippen LogP contribution in [0.5, 0.6) is 5.75 Å². The SMILES string of the molecule is Cc1cc2c(O[C@H](C)[C@H]3CCC(=O)C3)cc(-c3cnn(C(C)(C)C)c3)cc2[nH]1. The molecule has 0 aliphatic heterocycles. The van der Waals surface area contributed by atoms with Gasteiger partial charge in [-0.15, -0.1) is 0 Å². The van der Waals surface area contributed by atoms with Crippen LogP contribution in [0, 0.1) is 12.8 Å². The first kappa shape index (κ1) is 18.8. The molecule has 2 atom stereocenters.